The van der Waals surface area contributed by atoms with Gasteiger partial charge in [0.2, 0.25) is 5.91 Å². The molecule has 4 nitrogen and oxygen atoms in total. The summed E-state index contributed by atoms with van der Waals surface area (Å²) in [6.07, 6.45) is 2.90. The van der Waals surface area contributed by atoms with Crippen LogP contribution in [-0.2, 0) is 11.2 Å². The number of anilines is 1. The normalized spacial score (nSPS) is 14.4. The van der Waals surface area contributed by atoms with Crippen molar-refractivity contribution in [1.82, 2.24) is 4.98 Å². The summed E-state index contributed by atoms with van der Waals surface area (Å²) in [4.78, 5) is 16.1. The molecule has 17 heavy (non-hydrogen) atoms. The molecule has 1 amide bonds. The lowest BCUT2D eigenvalue weighted by Gasteiger charge is -2.16. The van der Waals surface area contributed by atoms with Crippen molar-refractivity contribution >= 4 is 22.4 Å². The maximum atomic E-state index is 11.8. The van der Waals surface area contributed by atoms with Gasteiger partial charge in [0.15, 0.2) is 5.13 Å². The maximum absolute atomic E-state index is 11.8. The first kappa shape index (κ1) is 14.1. The van der Waals surface area contributed by atoms with Gasteiger partial charge in [0.1, 0.15) is 0 Å². The second-order valence-electron chi connectivity index (χ2n) is 4.29. The van der Waals surface area contributed by atoms with E-state index in [1.165, 1.54) is 11.3 Å². The van der Waals surface area contributed by atoms with Crippen LogP contribution in [0.3, 0.4) is 0 Å². The van der Waals surface area contributed by atoms with E-state index in [1.807, 2.05) is 19.2 Å². The van der Waals surface area contributed by atoms with Crippen LogP contribution in [0.4, 0.5) is 5.13 Å². The summed E-state index contributed by atoms with van der Waals surface area (Å²) < 4.78 is 0. The predicted octanol–water partition coefficient (Wildman–Crippen LogP) is 2.41. The molecule has 0 aliphatic rings. The zero-order valence-corrected chi connectivity index (χ0v) is 11.5. The van der Waals surface area contributed by atoms with E-state index < -0.39 is 6.04 Å². The number of nitrogens with one attached hydrogen (secondary N) is 1. The molecule has 0 aliphatic heterocycles. The Balaban J connectivity index is 2.55. The number of carbonyl (C=O) groups excluding carboxylic acids is 1. The highest BCUT2D eigenvalue weighted by molar-refractivity contribution is 7.13. The summed E-state index contributed by atoms with van der Waals surface area (Å²) in [5.41, 5.74) is 6.88. The molecule has 1 aromatic rings. The Hall–Kier alpha value is -0.940. The van der Waals surface area contributed by atoms with Crippen molar-refractivity contribution in [1.29, 1.82) is 0 Å². The van der Waals surface area contributed by atoms with E-state index in [0.29, 0.717) is 5.13 Å². The molecule has 5 heteroatoms. The minimum atomic E-state index is -0.460. The molecule has 1 aromatic heterocycles. The number of nitrogens with two attached hydrogens (primary N) is 1. The van der Waals surface area contributed by atoms with Crippen LogP contribution in [0.1, 0.15) is 39.3 Å². The molecule has 2 atom stereocenters. The third-order valence-electron chi connectivity index (χ3n) is 2.85. The molecule has 3 N–H and O–H groups in total. The molecular weight excluding hydrogens is 234 g/mol. The van der Waals surface area contributed by atoms with Gasteiger partial charge in [-0.15, -0.1) is 11.3 Å². The summed E-state index contributed by atoms with van der Waals surface area (Å²) in [6.45, 7) is 6.12. The van der Waals surface area contributed by atoms with Crippen LogP contribution < -0.4 is 11.1 Å². The molecule has 1 rings (SSSR count). The Morgan fingerprint density at radius 3 is 2.88 bits per heavy atom. The van der Waals surface area contributed by atoms with E-state index in [0.717, 1.165) is 25.0 Å². The van der Waals surface area contributed by atoms with Crippen LogP contribution >= 0.6 is 11.3 Å². The standard InChI is InChI=1S/C12H21N3OS/c1-4-6-9-7-17-12(14-9)15-11(16)10(13)8(3)5-2/h7-8,10H,4-6,13H2,1-3H3,(H,14,15,16). The fourth-order valence-corrected chi connectivity index (χ4v) is 2.18. The molecule has 0 fully saturated rings. The Morgan fingerprint density at radius 1 is 1.59 bits per heavy atom. The molecule has 2 unspecified atom stereocenters. The molecule has 0 radical (unpaired) electrons. The van der Waals surface area contributed by atoms with E-state index in [2.05, 4.69) is 17.2 Å². The van der Waals surface area contributed by atoms with Crippen LogP contribution in [0.2, 0.25) is 0 Å². The van der Waals surface area contributed by atoms with Gasteiger partial charge in [-0.1, -0.05) is 33.6 Å². The van der Waals surface area contributed by atoms with Gasteiger partial charge in [0.25, 0.3) is 0 Å². The van der Waals surface area contributed by atoms with E-state index in [4.69, 9.17) is 5.73 Å². The number of aryl methyl sites for hydroxylation is 1. The fourth-order valence-electron chi connectivity index (χ4n) is 1.44. The highest BCUT2D eigenvalue weighted by Gasteiger charge is 2.20. The van der Waals surface area contributed by atoms with Gasteiger partial charge >= 0.3 is 0 Å². The quantitative estimate of drug-likeness (QED) is 0.820. The Bertz CT molecular complexity index is 364. The summed E-state index contributed by atoms with van der Waals surface area (Å²) in [5.74, 6) is 0.0434. The number of nitrogens with zero attached hydrogens (tertiary/aromatic N) is 1. The first-order valence-electron chi connectivity index (χ1n) is 6.09. The summed E-state index contributed by atoms with van der Waals surface area (Å²) in [6, 6.07) is -0.460. The van der Waals surface area contributed by atoms with Crippen molar-refractivity contribution in [3.05, 3.63) is 11.1 Å². The lowest BCUT2D eigenvalue weighted by Crippen LogP contribution is -2.40. The number of rotatable bonds is 6. The SMILES string of the molecule is CCCc1csc(NC(=O)C(N)C(C)CC)n1. The minimum Gasteiger partial charge on any atom is -0.320 e. The van der Waals surface area contributed by atoms with E-state index in [-0.39, 0.29) is 11.8 Å². The monoisotopic (exact) mass is 255 g/mol. The van der Waals surface area contributed by atoms with Crippen molar-refractivity contribution in [3.63, 3.8) is 0 Å². The van der Waals surface area contributed by atoms with Gasteiger partial charge in [0, 0.05) is 5.38 Å². The lowest BCUT2D eigenvalue weighted by molar-refractivity contribution is -0.118. The molecule has 96 valence electrons. The van der Waals surface area contributed by atoms with Gasteiger partial charge in [-0.3, -0.25) is 4.79 Å². The predicted molar refractivity (Wildman–Crippen MR) is 72.2 cm³/mol. The van der Waals surface area contributed by atoms with Gasteiger partial charge in [-0.05, 0) is 12.3 Å². The minimum absolute atomic E-state index is 0.142. The average Bonchev–Trinajstić information content (AvgIpc) is 2.75. The maximum Gasteiger partial charge on any atom is 0.243 e. The smallest absolute Gasteiger partial charge is 0.243 e. The van der Waals surface area contributed by atoms with Gasteiger partial charge in [0.05, 0.1) is 11.7 Å². The summed E-state index contributed by atoms with van der Waals surface area (Å²) in [5, 5.41) is 5.41. The van der Waals surface area contributed by atoms with Crippen molar-refractivity contribution in [2.45, 2.75) is 46.1 Å². The second-order valence-corrected chi connectivity index (χ2v) is 5.15. The fraction of sp³-hybridized carbons (Fsp3) is 0.667. The highest BCUT2D eigenvalue weighted by atomic mass is 32.1. The van der Waals surface area contributed by atoms with Gasteiger partial charge in [-0.2, -0.15) is 0 Å². The number of thiazole rings is 1. The number of hydrogen-bond donors (Lipinski definition) is 2. The molecule has 0 saturated carbocycles. The van der Waals surface area contributed by atoms with Crippen LogP contribution in [0.5, 0.6) is 0 Å². The Morgan fingerprint density at radius 2 is 2.29 bits per heavy atom. The van der Waals surface area contributed by atoms with Gasteiger partial charge < -0.3 is 11.1 Å². The largest absolute Gasteiger partial charge is 0.320 e. The average molecular weight is 255 g/mol. The first-order chi connectivity index (χ1) is 8.08. The van der Waals surface area contributed by atoms with E-state index >= 15 is 0 Å². The molecular formula is C12H21N3OS. The zero-order chi connectivity index (χ0) is 12.8. The molecule has 0 aromatic carbocycles. The number of aromatic nitrogens is 1. The number of amides is 1. The number of carbonyl (C=O) groups is 1. The lowest BCUT2D eigenvalue weighted by atomic mass is 10.00. The summed E-state index contributed by atoms with van der Waals surface area (Å²) >= 11 is 1.46. The third kappa shape index (κ3) is 4.09. The second kappa shape index (κ2) is 6.71. The van der Waals surface area contributed by atoms with Gasteiger partial charge in [-0.25, -0.2) is 4.98 Å². The number of hydrogen-bond acceptors (Lipinski definition) is 4. The summed E-state index contributed by atoms with van der Waals surface area (Å²) in [7, 11) is 0. The van der Waals surface area contributed by atoms with Crippen LogP contribution in [0.25, 0.3) is 0 Å². The van der Waals surface area contributed by atoms with Crippen molar-refractivity contribution in [3.8, 4) is 0 Å². The van der Waals surface area contributed by atoms with E-state index in [9.17, 15) is 4.79 Å². The zero-order valence-electron chi connectivity index (χ0n) is 10.7. The third-order valence-corrected chi connectivity index (χ3v) is 3.65. The molecule has 0 saturated heterocycles. The Kier molecular flexibility index (Phi) is 5.58. The highest BCUT2D eigenvalue weighted by Crippen LogP contribution is 2.17. The molecule has 0 spiro atoms. The van der Waals surface area contributed by atoms with Crippen LogP contribution in [0, 0.1) is 5.92 Å². The molecule has 0 aliphatic carbocycles. The van der Waals surface area contributed by atoms with Crippen LogP contribution in [0.15, 0.2) is 5.38 Å². The van der Waals surface area contributed by atoms with Crippen molar-refractivity contribution in [2.75, 3.05) is 5.32 Å². The van der Waals surface area contributed by atoms with Crippen molar-refractivity contribution in [2.24, 2.45) is 11.7 Å². The van der Waals surface area contributed by atoms with Crippen LogP contribution in [-0.4, -0.2) is 16.9 Å². The topological polar surface area (TPSA) is 68.0 Å². The Labute approximate surface area is 107 Å². The first-order valence-corrected chi connectivity index (χ1v) is 6.97. The van der Waals surface area contributed by atoms with Crippen molar-refractivity contribution < 1.29 is 4.79 Å². The van der Waals surface area contributed by atoms with E-state index in [1.54, 1.807) is 0 Å². The molecule has 0 bridgehead atoms. The molecule has 1 heterocycles.